The van der Waals surface area contributed by atoms with E-state index < -0.39 is 0 Å². The predicted octanol–water partition coefficient (Wildman–Crippen LogP) is 4.76. The Kier molecular flexibility index (Phi) is 3.13. The van der Waals surface area contributed by atoms with E-state index in [9.17, 15) is 0 Å². The molecule has 0 aliphatic carbocycles. The molecule has 0 aliphatic rings. The largest absolute Gasteiger partial charge is 0.263 e. The highest BCUT2D eigenvalue weighted by molar-refractivity contribution is 5.94. The molecule has 2 heterocycles. The summed E-state index contributed by atoms with van der Waals surface area (Å²) in [5, 5.41) is 2.30. The molecule has 0 bridgehead atoms. The zero-order valence-corrected chi connectivity index (χ0v) is 11.9. The van der Waals surface area contributed by atoms with Gasteiger partial charge in [-0.05, 0) is 23.1 Å². The molecule has 22 heavy (non-hydrogen) atoms. The van der Waals surface area contributed by atoms with Gasteiger partial charge in [0.05, 0.1) is 5.69 Å². The first-order valence-corrected chi connectivity index (χ1v) is 7.17. The molecule has 1 radical (unpaired) electrons. The van der Waals surface area contributed by atoms with Crippen molar-refractivity contribution in [1.29, 1.82) is 0 Å². The van der Waals surface area contributed by atoms with Crippen molar-refractivity contribution in [3.63, 3.8) is 0 Å². The summed E-state index contributed by atoms with van der Waals surface area (Å²) in [5.74, 6) is 0. The van der Waals surface area contributed by atoms with Gasteiger partial charge in [0, 0.05) is 35.1 Å². The smallest absolute Gasteiger partial charge is 0.0724 e. The molecule has 4 rings (SSSR count). The Morgan fingerprint density at radius 1 is 0.727 bits per heavy atom. The fraction of sp³-hybridized carbons (Fsp3) is 0. The number of hydrogen-bond donors (Lipinski definition) is 0. The number of pyridine rings is 2. The Bertz CT molecular complexity index is 908. The quantitative estimate of drug-likeness (QED) is 0.529. The van der Waals surface area contributed by atoms with E-state index in [0.717, 1.165) is 27.8 Å². The molecule has 0 N–H and O–H groups in total. The molecule has 4 aromatic rings. The van der Waals surface area contributed by atoms with Gasteiger partial charge in [0.15, 0.2) is 0 Å². The Balaban J connectivity index is 1.80. The number of aromatic nitrogens is 2. The van der Waals surface area contributed by atoms with Crippen LogP contribution < -0.4 is 0 Å². The van der Waals surface area contributed by atoms with Crippen LogP contribution in [0.15, 0.2) is 79.3 Å². The van der Waals surface area contributed by atoms with Crippen molar-refractivity contribution in [3.8, 4) is 22.4 Å². The van der Waals surface area contributed by atoms with Crippen LogP contribution in [0.1, 0.15) is 0 Å². The topological polar surface area (TPSA) is 25.8 Å². The first-order chi connectivity index (χ1) is 10.9. The van der Waals surface area contributed by atoms with Crippen LogP contribution in [0.5, 0.6) is 0 Å². The molecule has 2 heteroatoms. The third kappa shape index (κ3) is 2.25. The zero-order valence-electron chi connectivity index (χ0n) is 11.9. The molecule has 0 aliphatic heterocycles. The van der Waals surface area contributed by atoms with Gasteiger partial charge in [0.1, 0.15) is 0 Å². The molecule has 0 saturated heterocycles. The predicted molar refractivity (Wildman–Crippen MR) is 89.2 cm³/mol. The maximum absolute atomic E-state index is 4.63. The van der Waals surface area contributed by atoms with E-state index in [-0.39, 0.29) is 0 Å². The van der Waals surface area contributed by atoms with E-state index >= 15 is 0 Å². The maximum atomic E-state index is 4.63. The van der Waals surface area contributed by atoms with Crippen LogP contribution >= 0.6 is 0 Å². The van der Waals surface area contributed by atoms with Crippen molar-refractivity contribution in [1.82, 2.24) is 9.97 Å². The van der Waals surface area contributed by atoms with Gasteiger partial charge in [-0.3, -0.25) is 9.97 Å². The Morgan fingerprint density at radius 3 is 2.41 bits per heavy atom. The Labute approximate surface area is 129 Å². The van der Waals surface area contributed by atoms with Gasteiger partial charge in [0.2, 0.25) is 0 Å². The average Bonchev–Trinajstić information content (AvgIpc) is 2.62. The second-order valence-electron chi connectivity index (χ2n) is 5.13. The van der Waals surface area contributed by atoms with Crippen molar-refractivity contribution < 1.29 is 0 Å². The van der Waals surface area contributed by atoms with Crippen LogP contribution in [0.3, 0.4) is 0 Å². The van der Waals surface area contributed by atoms with Gasteiger partial charge in [-0.15, -0.1) is 0 Å². The molecule has 0 amide bonds. The summed E-state index contributed by atoms with van der Waals surface area (Å²) >= 11 is 0. The van der Waals surface area contributed by atoms with Gasteiger partial charge in [-0.1, -0.05) is 54.6 Å². The number of rotatable bonds is 2. The summed E-state index contributed by atoms with van der Waals surface area (Å²) in [4.78, 5) is 8.95. The summed E-state index contributed by atoms with van der Waals surface area (Å²) in [5.41, 5.74) is 4.25. The van der Waals surface area contributed by atoms with Crippen molar-refractivity contribution in [2.45, 2.75) is 0 Å². The highest BCUT2D eigenvalue weighted by Crippen LogP contribution is 2.27. The van der Waals surface area contributed by atoms with Crippen molar-refractivity contribution in [3.05, 3.63) is 85.3 Å². The normalized spacial score (nSPS) is 10.7. The second-order valence-corrected chi connectivity index (χ2v) is 5.13. The van der Waals surface area contributed by atoms with E-state index in [2.05, 4.69) is 40.3 Å². The average molecular weight is 281 g/mol. The van der Waals surface area contributed by atoms with Crippen molar-refractivity contribution in [2.75, 3.05) is 0 Å². The van der Waals surface area contributed by atoms with Gasteiger partial charge < -0.3 is 0 Å². The minimum Gasteiger partial charge on any atom is -0.263 e. The maximum Gasteiger partial charge on any atom is 0.0724 e. The number of fused-ring (bicyclic) bond motifs is 1. The standard InChI is InChI=1S/C20H13N2/c1-2-6-15(7-3-1)16-10-11-20(22-13-16)19-14-21-12-17-8-4-5-9-18(17)19/h2-14H. The lowest BCUT2D eigenvalue weighted by Gasteiger charge is -2.07. The highest BCUT2D eigenvalue weighted by Gasteiger charge is 2.06. The number of hydrogen-bond acceptors (Lipinski definition) is 2. The van der Waals surface area contributed by atoms with Crippen LogP contribution in [0, 0.1) is 6.07 Å². The number of benzene rings is 2. The minimum absolute atomic E-state index is 0.940. The summed E-state index contributed by atoms with van der Waals surface area (Å²) in [7, 11) is 0. The fourth-order valence-electron chi connectivity index (χ4n) is 2.62. The van der Waals surface area contributed by atoms with Crippen LogP contribution in [-0.4, -0.2) is 9.97 Å². The molecule has 2 nitrogen and oxygen atoms in total. The van der Waals surface area contributed by atoms with E-state index in [1.54, 1.807) is 0 Å². The summed E-state index contributed by atoms with van der Waals surface area (Å²) in [6, 6.07) is 23.3. The number of nitrogens with zero attached hydrogens (tertiary/aromatic N) is 2. The summed E-state index contributed by atoms with van der Waals surface area (Å²) < 4.78 is 0. The minimum atomic E-state index is 0.940. The lowest BCUT2D eigenvalue weighted by atomic mass is 10.0. The lowest BCUT2D eigenvalue weighted by Crippen LogP contribution is -1.88. The van der Waals surface area contributed by atoms with E-state index in [0.29, 0.717) is 0 Å². The second kappa shape index (κ2) is 5.41. The summed E-state index contributed by atoms with van der Waals surface area (Å²) in [6.07, 6.45) is 5.67. The monoisotopic (exact) mass is 281 g/mol. The molecule has 0 spiro atoms. The molecule has 103 valence electrons. The van der Waals surface area contributed by atoms with Gasteiger partial charge in [-0.2, -0.15) is 0 Å². The molecule has 0 atom stereocenters. The Morgan fingerprint density at radius 2 is 1.59 bits per heavy atom. The molecule has 2 aromatic carbocycles. The first-order valence-electron chi connectivity index (χ1n) is 7.17. The van der Waals surface area contributed by atoms with Crippen molar-refractivity contribution in [2.24, 2.45) is 0 Å². The highest BCUT2D eigenvalue weighted by atomic mass is 14.7. The van der Waals surface area contributed by atoms with Gasteiger partial charge in [0.25, 0.3) is 0 Å². The summed E-state index contributed by atoms with van der Waals surface area (Å²) in [6.45, 7) is 0. The van der Waals surface area contributed by atoms with Crippen molar-refractivity contribution >= 4 is 10.8 Å². The van der Waals surface area contributed by atoms with Crippen LogP contribution in [0.4, 0.5) is 0 Å². The van der Waals surface area contributed by atoms with E-state index in [1.165, 1.54) is 5.39 Å². The first kappa shape index (κ1) is 12.7. The molecule has 2 aromatic heterocycles. The van der Waals surface area contributed by atoms with Crippen LogP contribution in [0.2, 0.25) is 0 Å². The van der Waals surface area contributed by atoms with Gasteiger partial charge in [-0.25, -0.2) is 0 Å². The van der Waals surface area contributed by atoms with Crippen LogP contribution in [-0.2, 0) is 0 Å². The third-order valence-electron chi connectivity index (χ3n) is 3.76. The van der Waals surface area contributed by atoms with E-state index in [4.69, 9.17) is 0 Å². The SMILES string of the molecule is [c]1ccc(-c2ccc(-c3cncc4ccccc34)nc2)cc1. The van der Waals surface area contributed by atoms with Crippen LogP contribution in [0.25, 0.3) is 33.2 Å². The van der Waals surface area contributed by atoms with E-state index in [1.807, 2.05) is 55.0 Å². The fourth-order valence-corrected chi connectivity index (χ4v) is 2.62. The Hall–Kier alpha value is -3.00. The molecule has 0 fully saturated rings. The zero-order chi connectivity index (χ0) is 14.8. The molecule has 0 unspecified atom stereocenters. The molecular weight excluding hydrogens is 268 g/mol. The molecular formula is C20H13N2. The van der Waals surface area contributed by atoms with Gasteiger partial charge >= 0.3 is 0 Å². The lowest BCUT2D eigenvalue weighted by molar-refractivity contribution is 1.30. The molecule has 0 saturated carbocycles. The third-order valence-corrected chi connectivity index (χ3v) is 3.76.